The molecule has 0 saturated carbocycles. The van der Waals surface area contributed by atoms with Gasteiger partial charge >= 0.3 is 0 Å². The number of hydrogen-bond donors (Lipinski definition) is 2. The van der Waals surface area contributed by atoms with E-state index >= 15 is 0 Å². The number of carbonyl (C=O) groups excluding carboxylic acids is 1. The molecule has 3 aromatic rings. The summed E-state index contributed by atoms with van der Waals surface area (Å²) in [7, 11) is 1.56. The Kier molecular flexibility index (Phi) is 6.38. The van der Waals surface area contributed by atoms with Crippen molar-refractivity contribution >= 4 is 34.6 Å². The van der Waals surface area contributed by atoms with Gasteiger partial charge in [-0.1, -0.05) is 42.5 Å². The zero-order chi connectivity index (χ0) is 23.4. The summed E-state index contributed by atoms with van der Waals surface area (Å²) < 4.78 is 5.40. The maximum atomic E-state index is 13.6. The molecule has 6 nitrogen and oxygen atoms in total. The van der Waals surface area contributed by atoms with Gasteiger partial charge in [-0.3, -0.25) is 9.69 Å². The van der Waals surface area contributed by atoms with Crippen LogP contribution in [0.3, 0.4) is 0 Å². The summed E-state index contributed by atoms with van der Waals surface area (Å²) in [5, 5.41) is 16.0. The van der Waals surface area contributed by atoms with E-state index in [1.165, 1.54) is 0 Å². The van der Waals surface area contributed by atoms with Gasteiger partial charge < -0.3 is 15.4 Å². The third-order valence-electron chi connectivity index (χ3n) is 5.47. The fourth-order valence-electron chi connectivity index (χ4n) is 3.86. The highest BCUT2D eigenvalue weighted by molar-refractivity contribution is 7.80. The Labute approximate surface area is 198 Å². The van der Waals surface area contributed by atoms with Crippen LogP contribution in [0.4, 0.5) is 11.4 Å². The van der Waals surface area contributed by atoms with Gasteiger partial charge in [0.1, 0.15) is 5.75 Å². The van der Waals surface area contributed by atoms with Crippen LogP contribution in [0.2, 0.25) is 0 Å². The van der Waals surface area contributed by atoms with Gasteiger partial charge in [0.25, 0.3) is 5.91 Å². The van der Waals surface area contributed by atoms with E-state index in [4.69, 9.17) is 22.2 Å². The van der Waals surface area contributed by atoms with E-state index in [1.807, 2.05) is 66.4 Å². The molecule has 1 aliphatic rings. The van der Waals surface area contributed by atoms with Gasteiger partial charge in [0.2, 0.25) is 0 Å². The predicted octanol–water partition coefficient (Wildman–Crippen LogP) is 4.92. The topological polar surface area (TPSA) is 77.4 Å². The van der Waals surface area contributed by atoms with E-state index in [1.54, 1.807) is 31.4 Å². The number of allylic oxidation sites excluding steroid dienone is 1. The molecule has 0 saturated heterocycles. The highest BCUT2D eigenvalue weighted by Crippen LogP contribution is 2.35. The molecule has 0 aromatic heterocycles. The molecule has 0 aliphatic carbocycles. The van der Waals surface area contributed by atoms with E-state index in [0.29, 0.717) is 33.4 Å². The standard InChI is InChI=1S/C26H22N4O2S/c1-17-23(25(31)28-21-10-6-7-11-22(21)32-2)24(19-14-12-18(16-27)13-15-19)29-26(33)30(17)20-8-4-3-5-9-20/h3-15,24H,1-2H3,(H,28,31)(H,29,33)/t24-/m0/s1. The Morgan fingerprint density at radius 1 is 1.06 bits per heavy atom. The number of methoxy groups -OCH3 is 1. The summed E-state index contributed by atoms with van der Waals surface area (Å²) >= 11 is 5.70. The molecule has 2 N–H and O–H groups in total. The van der Waals surface area contributed by atoms with Crippen molar-refractivity contribution in [1.82, 2.24) is 5.32 Å². The molecule has 1 heterocycles. The van der Waals surface area contributed by atoms with Crippen molar-refractivity contribution in [1.29, 1.82) is 5.26 Å². The first-order valence-electron chi connectivity index (χ1n) is 10.3. The summed E-state index contributed by atoms with van der Waals surface area (Å²) in [5.74, 6) is 0.292. The van der Waals surface area contributed by atoms with E-state index in [9.17, 15) is 4.79 Å². The predicted molar refractivity (Wildman–Crippen MR) is 133 cm³/mol. The average Bonchev–Trinajstić information content (AvgIpc) is 2.84. The maximum Gasteiger partial charge on any atom is 0.255 e. The Morgan fingerprint density at radius 3 is 2.39 bits per heavy atom. The van der Waals surface area contributed by atoms with Gasteiger partial charge in [-0.05, 0) is 61.1 Å². The van der Waals surface area contributed by atoms with E-state index in [-0.39, 0.29) is 5.91 Å². The molecule has 3 aromatic carbocycles. The third-order valence-corrected chi connectivity index (χ3v) is 5.77. The van der Waals surface area contributed by atoms with Crippen molar-refractivity contribution in [3.05, 3.63) is 101 Å². The van der Waals surface area contributed by atoms with Crippen molar-refractivity contribution < 1.29 is 9.53 Å². The van der Waals surface area contributed by atoms with Crippen LogP contribution in [0.25, 0.3) is 0 Å². The van der Waals surface area contributed by atoms with Crippen LogP contribution in [0, 0.1) is 11.3 Å². The van der Waals surface area contributed by atoms with Crippen molar-refractivity contribution in [2.75, 3.05) is 17.3 Å². The minimum Gasteiger partial charge on any atom is -0.495 e. The summed E-state index contributed by atoms with van der Waals surface area (Å²) in [6, 6.07) is 25.7. The molecule has 33 heavy (non-hydrogen) atoms. The smallest absolute Gasteiger partial charge is 0.255 e. The van der Waals surface area contributed by atoms with Crippen LogP contribution in [-0.2, 0) is 4.79 Å². The second kappa shape index (κ2) is 9.55. The third kappa shape index (κ3) is 4.43. The summed E-state index contributed by atoms with van der Waals surface area (Å²) in [6.45, 7) is 1.88. The minimum atomic E-state index is -0.486. The van der Waals surface area contributed by atoms with Crippen molar-refractivity contribution in [2.45, 2.75) is 13.0 Å². The quantitative estimate of drug-likeness (QED) is 0.533. The molecule has 0 unspecified atom stereocenters. The number of benzene rings is 3. The molecule has 7 heteroatoms. The number of nitrogens with one attached hydrogen (secondary N) is 2. The molecule has 1 amide bonds. The number of hydrogen-bond acceptors (Lipinski definition) is 4. The number of amides is 1. The lowest BCUT2D eigenvalue weighted by molar-refractivity contribution is -0.113. The summed E-state index contributed by atoms with van der Waals surface area (Å²) in [4.78, 5) is 15.5. The monoisotopic (exact) mass is 454 g/mol. The Bertz CT molecular complexity index is 1260. The van der Waals surface area contributed by atoms with Crippen LogP contribution in [0.15, 0.2) is 90.1 Å². The molecule has 0 fully saturated rings. The minimum absolute atomic E-state index is 0.276. The lowest BCUT2D eigenvalue weighted by Crippen LogP contribution is -2.48. The molecule has 0 spiro atoms. The second-order valence-electron chi connectivity index (χ2n) is 7.44. The average molecular weight is 455 g/mol. The summed E-state index contributed by atoms with van der Waals surface area (Å²) in [6.07, 6.45) is 0. The number of nitrogens with zero attached hydrogens (tertiary/aromatic N) is 2. The number of ether oxygens (including phenoxy) is 1. The molecule has 1 aliphatic heterocycles. The number of anilines is 2. The van der Waals surface area contributed by atoms with Crippen LogP contribution in [0.5, 0.6) is 5.75 Å². The number of rotatable bonds is 5. The first-order chi connectivity index (χ1) is 16.0. The highest BCUT2D eigenvalue weighted by Gasteiger charge is 2.34. The lowest BCUT2D eigenvalue weighted by Gasteiger charge is -2.38. The van der Waals surface area contributed by atoms with E-state index in [0.717, 1.165) is 11.3 Å². The van der Waals surface area contributed by atoms with Crippen LogP contribution in [-0.4, -0.2) is 18.1 Å². The van der Waals surface area contributed by atoms with Crippen LogP contribution >= 0.6 is 12.2 Å². The van der Waals surface area contributed by atoms with Gasteiger partial charge in [-0.15, -0.1) is 0 Å². The van der Waals surface area contributed by atoms with Crippen LogP contribution in [0.1, 0.15) is 24.1 Å². The van der Waals surface area contributed by atoms with E-state index in [2.05, 4.69) is 16.7 Å². The SMILES string of the molecule is COc1ccccc1NC(=O)C1=C(C)N(c2ccccc2)C(=S)N[C@H]1c1ccc(C#N)cc1. The lowest BCUT2D eigenvalue weighted by atomic mass is 9.93. The number of nitriles is 1. The molecular formula is C26H22N4O2S. The zero-order valence-corrected chi connectivity index (χ0v) is 19.0. The van der Waals surface area contributed by atoms with Crippen LogP contribution < -0.4 is 20.3 Å². The second-order valence-corrected chi connectivity index (χ2v) is 7.83. The van der Waals surface area contributed by atoms with Crippen molar-refractivity contribution in [3.63, 3.8) is 0 Å². The van der Waals surface area contributed by atoms with Gasteiger partial charge in [-0.25, -0.2) is 0 Å². The normalized spacial score (nSPS) is 15.5. The van der Waals surface area contributed by atoms with E-state index < -0.39 is 6.04 Å². The first-order valence-corrected chi connectivity index (χ1v) is 10.7. The zero-order valence-electron chi connectivity index (χ0n) is 18.2. The highest BCUT2D eigenvalue weighted by atomic mass is 32.1. The molecule has 164 valence electrons. The molecular weight excluding hydrogens is 432 g/mol. The molecule has 0 radical (unpaired) electrons. The van der Waals surface area contributed by atoms with Crippen molar-refractivity contribution in [2.24, 2.45) is 0 Å². The van der Waals surface area contributed by atoms with Gasteiger partial charge in [-0.2, -0.15) is 5.26 Å². The number of thiocarbonyl (C=S) groups is 1. The molecule has 0 bridgehead atoms. The fourth-order valence-corrected chi connectivity index (χ4v) is 4.22. The number of para-hydroxylation sites is 3. The molecule has 4 rings (SSSR count). The molecule has 1 atom stereocenters. The Morgan fingerprint density at radius 2 is 1.73 bits per heavy atom. The van der Waals surface area contributed by atoms with Gasteiger partial charge in [0, 0.05) is 11.4 Å². The Hall–Kier alpha value is -4.15. The van der Waals surface area contributed by atoms with Gasteiger partial charge in [0.05, 0.1) is 36.0 Å². The maximum absolute atomic E-state index is 13.6. The number of carbonyl (C=O) groups is 1. The first kappa shape index (κ1) is 22.1. The summed E-state index contributed by atoms with van der Waals surface area (Å²) in [5.41, 5.74) is 4.03. The largest absolute Gasteiger partial charge is 0.495 e. The van der Waals surface area contributed by atoms with Gasteiger partial charge in [0.15, 0.2) is 5.11 Å². The Balaban J connectivity index is 1.81. The van der Waals surface area contributed by atoms with Crippen molar-refractivity contribution in [3.8, 4) is 11.8 Å². The fraction of sp³-hybridized carbons (Fsp3) is 0.115.